The zero-order valence-electron chi connectivity index (χ0n) is 22.6. The summed E-state index contributed by atoms with van der Waals surface area (Å²) in [5.41, 5.74) is 12.3. The van der Waals surface area contributed by atoms with Crippen LogP contribution in [0.25, 0.3) is 77.9 Å². The predicted molar refractivity (Wildman–Crippen MR) is 170 cm³/mol. The van der Waals surface area contributed by atoms with Crippen molar-refractivity contribution in [3.05, 3.63) is 145 Å². The zero-order valence-corrected chi connectivity index (χ0v) is 22.6. The Bertz CT molecular complexity index is 2170. The van der Waals surface area contributed by atoms with Gasteiger partial charge in [0.05, 0.1) is 5.69 Å². The van der Waals surface area contributed by atoms with Crippen LogP contribution in [0, 0.1) is 11.3 Å². The Balaban J connectivity index is 1.54. The van der Waals surface area contributed by atoms with Gasteiger partial charge in [0.2, 0.25) is 0 Å². The molecular formula is C39H23N3. The van der Waals surface area contributed by atoms with Crippen LogP contribution in [0.15, 0.2) is 140 Å². The van der Waals surface area contributed by atoms with Crippen molar-refractivity contribution in [3.8, 4) is 73.2 Å². The van der Waals surface area contributed by atoms with Gasteiger partial charge >= 0.3 is 0 Å². The van der Waals surface area contributed by atoms with Crippen LogP contribution in [0.5, 0.6) is 0 Å². The van der Waals surface area contributed by atoms with Gasteiger partial charge in [0, 0.05) is 17.2 Å². The summed E-state index contributed by atoms with van der Waals surface area (Å²) >= 11 is 0. The van der Waals surface area contributed by atoms with Gasteiger partial charge in [0.1, 0.15) is 11.8 Å². The molecule has 3 nitrogen and oxygen atoms in total. The molecule has 0 saturated heterocycles. The molecule has 1 aliphatic rings. The number of benzene rings is 6. The van der Waals surface area contributed by atoms with Crippen molar-refractivity contribution in [2.24, 2.45) is 0 Å². The fourth-order valence-corrected chi connectivity index (χ4v) is 6.30. The molecule has 0 spiro atoms. The first kappa shape index (κ1) is 24.0. The molecule has 1 aromatic heterocycles. The van der Waals surface area contributed by atoms with Gasteiger partial charge in [0.25, 0.3) is 0 Å². The lowest BCUT2D eigenvalue weighted by Crippen LogP contribution is -1.99. The number of aromatic nitrogens is 2. The van der Waals surface area contributed by atoms with Gasteiger partial charge in [-0.1, -0.05) is 127 Å². The molecule has 0 unspecified atom stereocenters. The first-order chi connectivity index (χ1) is 20.8. The normalized spacial score (nSPS) is 11.3. The summed E-state index contributed by atoms with van der Waals surface area (Å²) in [6.45, 7) is 0. The molecule has 0 bridgehead atoms. The molecule has 6 aromatic carbocycles. The highest BCUT2D eigenvalue weighted by Crippen LogP contribution is 2.56. The lowest BCUT2D eigenvalue weighted by atomic mass is 9.83. The van der Waals surface area contributed by atoms with Crippen molar-refractivity contribution >= 4 is 10.8 Å². The lowest BCUT2D eigenvalue weighted by Gasteiger charge is -2.20. The van der Waals surface area contributed by atoms with E-state index in [0.29, 0.717) is 11.5 Å². The Hall–Kier alpha value is -5.85. The topological polar surface area (TPSA) is 49.6 Å². The standard InChI is InChI=1S/C39H23N3/c40-24-29-22-34(42-39(41-29)28-16-8-3-9-17-28)33-23-32(25-12-4-1-5-13-25)37-30-20-10-18-26-19-11-21-31(35(26)30)38(37)36(33)27-14-6-2-7-15-27/h1-23H. The van der Waals surface area contributed by atoms with Gasteiger partial charge in [-0.15, -0.1) is 0 Å². The van der Waals surface area contributed by atoms with Crippen LogP contribution >= 0.6 is 0 Å². The molecule has 0 aliphatic heterocycles. The van der Waals surface area contributed by atoms with Crippen LogP contribution < -0.4 is 0 Å². The van der Waals surface area contributed by atoms with Crippen molar-refractivity contribution in [1.29, 1.82) is 5.26 Å². The van der Waals surface area contributed by atoms with Gasteiger partial charge in [-0.25, -0.2) is 9.97 Å². The Morgan fingerprint density at radius 3 is 1.69 bits per heavy atom. The minimum atomic E-state index is 0.338. The molecule has 0 atom stereocenters. The molecule has 0 fully saturated rings. The molecule has 3 heteroatoms. The number of hydrogen-bond donors (Lipinski definition) is 0. The average Bonchev–Trinajstić information content (AvgIpc) is 3.41. The maximum atomic E-state index is 10.0. The molecule has 0 radical (unpaired) electrons. The highest BCUT2D eigenvalue weighted by Gasteiger charge is 2.30. The van der Waals surface area contributed by atoms with Gasteiger partial charge in [-0.05, 0) is 61.3 Å². The Kier molecular flexibility index (Phi) is 5.52. The van der Waals surface area contributed by atoms with E-state index in [4.69, 9.17) is 4.98 Å². The number of fused-ring (bicyclic) bond motifs is 3. The average molecular weight is 534 g/mol. The number of hydrogen-bond acceptors (Lipinski definition) is 3. The monoisotopic (exact) mass is 533 g/mol. The first-order valence-corrected chi connectivity index (χ1v) is 14.0. The highest BCUT2D eigenvalue weighted by molar-refractivity contribution is 6.22. The van der Waals surface area contributed by atoms with Crippen LogP contribution in [0.2, 0.25) is 0 Å². The van der Waals surface area contributed by atoms with E-state index in [1.165, 1.54) is 33.0 Å². The van der Waals surface area contributed by atoms with Crippen LogP contribution in [0.1, 0.15) is 5.69 Å². The maximum Gasteiger partial charge on any atom is 0.161 e. The third-order valence-electron chi connectivity index (χ3n) is 8.07. The summed E-state index contributed by atoms with van der Waals surface area (Å²) in [4.78, 5) is 9.70. The fourth-order valence-electron chi connectivity index (χ4n) is 6.30. The second kappa shape index (κ2) is 9.66. The van der Waals surface area contributed by atoms with E-state index in [9.17, 15) is 5.26 Å². The second-order valence-corrected chi connectivity index (χ2v) is 10.5. The second-order valence-electron chi connectivity index (χ2n) is 10.5. The molecule has 7 aromatic rings. The maximum absolute atomic E-state index is 10.0. The van der Waals surface area contributed by atoms with E-state index >= 15 is 0 Å². The van der Waals surface area contributed by atoms with Crippen molar-refractivity contribution in [1.82, 2.24) is 9.97 Å². The minimum Gasteiger partial charge on any atom is -0.228 e. The molecular weight excluding hydrogens is 510 g/mol. The SMILES string of the molecule is N#Cc1cc(-c2cc(-c3ccccc3)c3c(c2-c2ccccc2)-c2cccc4cccc-3c24)nc(-c2ccccc2)n1. The third kappa shape index (κ3) is 3.74. The van der Waals surface area contributed by atoms with E-state index in [1.807, 2.05) is 48.5 Å². The largest absolute Gasteiger partial charge is 0.228 e. The van der Waals surface area contributed by atoms with Gasteiger partial charge in [-0.3, -0.25) is 0 Å². The summed E-state index contributed by atoms with van der Waals surface area (Å²) in [6, 6.07) is 50.5. The molecule has 1 aliphatic carbocycles. The van der Waals surface area contributed by atoms with Crippen LogP contribution in [-0.4, -0.2) is 9.97 Å². The molecule has 0 saturated carbocycles. The van der Waals surface area contributed by atoms with Gasteiger partial charge in [0.15, 0.2) is 5.82 Å². The van der Waals surface area contributed by atoms with Gasteiger partial charge < -0.3 is 0 Å². The molecule has 0 amide bonds. The quantitative estimate of drug-likeness (QED) is 0.226. The minimum absolute atomic E-state index is 0.338. The molecule has 194 valence electrons. The smallest absolute Gasteiger partial charge is 0.161 e. The number of rotatable bonds is 4. The number of nitriles is 1. The molecule has 1 heterocycles. The molecule has 42 heavy (non-hydrogen) atoms. The number of nitrogens with zero attached hydrogens (tertiary/aromatic N) is 3. The Labute approximate surface area is 244 Å². The predicted octanol–water partition coefficient (Wildman–Crippen LogP) is 9.82. The molecule has 0 N–H and O–H groups in total. The zero-order chi connectivity index (χ0) is 28.0. The van der Waals surface area contributed by atoms with Crippen molar-refractivity contribution in [2.75, 3.05) is 0 Å². The lowest BCUT2D eigenvalue weighted by molar-refractivity contribution is 1.15. The molecule has 8 rings (SSSR count). The summed E-state index contributed by atoms with van der Waals surface area (Å²) in [5, 5.41) is 12.5. The van der Waals surface area contributed by atoms with E-state index in [2.05, 4.69) is 102 Å². The van der Waals surface area contributed by atoms with E-state index < -0.39 is 0 Å². The van der Waals surface area contributed by atoms with Crippen molar-refractivity contribution < 1.29 is 0 Å². The van der Waals surface area contributed by atoms with Crippen LogP contribution in [0.4, 0.5) is 0 Å². The third-order valence-corrected chi connectivity index (χ3v) is 8.07. The summed E-state index contributed by atoms with van der Waals surface area (Å²) in [7, 11) is 0. The Morgan fingerprint density at radius 1 is 0.452 bits per heavy atom. The summed E-state index contributed by atoms with van der Waals surface area (Å²) in [5.74, 6) is 0.538. The summed E-state index contributed by atoms with van der Waals surface area (Å²) < 4.78 is 0. The van der Waals surface area contributed by atoms with E-state index in [-0.39, 0.29) is 0 Å². The highest BCUT2D eigenvalue weighted by atomic mass is 14.9. The van der Waals surface area contributed by atoms with E-state index in [1.54, 1.807) is 0 Å². The first-order valence-electron chi connectivity index (χ1n) is 14.0. The van der Waals surface area contributed by atoms with Gasteiger partial charge in [-0.2, -0.15) is 5.26 Å². The van der Waals surface area contributed by atoms with E-state index in [0.717, 1.165) is 39.1 Å². The summed E-state index contributed by atoms with van der Waals surface area (Å²) in [6.07, 6.45) is 0. The van der Waals surface area contributed by atoms with Crippen molar-refractivity contribution in [2.45, 2.75) is 0 Å². The van der Waals surface area contributed by atoms with Crippen LogP contribution in [-0.2, 0) is 0 Å². The fraction of sp³-hybridized carbons (Fsp3) is 0. The van der Waals surface area contributed by atoms with Crippen LogP contribution in [0.3, 0.4) is 0 Å². The van der Waals surface area contributed by atoms with Crippen molar-refractivity contribution in [3.63, 3.8) is 0 Å². The Morgan fingerprint density at radius 2 is 1.05 bits per heavy atom.